The first-order chi connectivity index (χ1) is 11.0. The van der Waals surface area contributed by atoms with Crippen LogP contribution in [0.25, 0.3) is 6.08 Å². The second-order valence-electron chi connectivity index (χ2n) is 6.82. The molecule has 1 heteroatoms. The standard InChI is InChI=1S/C22H29N/c1-16(2)20-12-9-13-21(17(3)4)22(20)23-18(5)14-15-19-10-7-6-8-11-19/h6-18,23H,1-5H3/b15-14+. The first-order valence-corrected chi connectivity index (χ1v) is 8.61. The molecule has 0 aliphatic rings. The summed E-state index contributed by atoms with van der Waals surface area (Å²) >= 11 is 0. The maximum Gasteiger partial charge on any atom is 0.0419 e. The Morgan fingerprint density at radius 3 is 1.83 bits per heavy atom. The Morgan fingerprint density at radius 2 is 1.30 bits per heavy atom. The zero-order valence-corrected chi connectivity index (χ0v) is 15.0. The topological polar surface area (TPSA) is 12.0 Å². The van der Waals surface area contributed by atoms with Crippen LogP contribution in [0.1, 0.15) is 63.1 Å². The highest BCUT2D eigenvalue weighted by atomic mass is 14.9. The summed E-state index contributed by atoms with van der Waals surface area (Å²) in [7, 11) is 0. The van der Waals surface area contributed by atoms with Crippen LogP contribution >= 0.6 is 0 Å². The minimum atomic E-state index is 0.285. The van der Waals surface area contributed by atoms with E-state index in [2.05, 4.69) is 94.6 Å². The lowest BCUT2D eigenvalue weighted by molar-refractivity contribution is 0.827. The van der Waals surface area contributed by atoms with Gasteiger partial charge in [0.2, 0.25) is 0 Å². The van der Waals surface area contributed by atoms with E-state index in [1.54, 1.807) is 0 Å². The zero-order chi connectivity index (χ0) is 16.8. The molecule has 23 heavy (non-hydrogen) atoms. The summed E-state index contributed by atoms with van der Waals surface area (Å²) in [5.74, 6) is 1.03. The molecule has 0 radical (unpaired) electrons. The fourth-order valence-electron chi connectivity index (χ4n) is 2.81. The van der Waals surface area contributed by atoms with E-state index in [1.807, 2.05) is 6.07 Å². The molecule has 0 aromatic heterocycles. The van der Waals surface area contributed by atoms with Gasteiger partial charge in [-0.05, 0) is 35.4 Å². The third-order valence-corrected chi connectivity index (χ3v) is 4.12. The van der Waals surface area contributed by atoms with Gasteiger partial charge < -0.3 is 5.32 Å². The minimum absolute atomic E-state index is 0.285. The summed E-state index contributed by atoms with van der Waals surface area (Å²) in [5, 5.41) is 3.73. The van der Waals surface area contributed by atoms with Gasteiger partial charge in [0.25, 0.3) is 0 Å². The Labute approximate surface area is 141 Å². The molecular weight excluding hydrogens is 278 g/mol. The van der Waals surface area contributed by atoms with Crippen molar-refractivity contribution in [3.05, 3.63) is 71.3 Å². The van der Waals surface area contributed by atoms with Crippen LogP contribution in [0, 0.1) is 0 Å². The van der Waals surface area contributed by atoms with Crippen LogP contribution in [0.2, 0.25) is 0 Å². The Hall–Kier alpha value is -2.02. The largest absolute Gasteiger partial charge is 0.379 e. The van der Waals surface area contributed by atoms with E-state index < -0.39 is 0 Å². The second kappa shape index (κ2) is 8.01. The van der Waals surface area contributed by atoms with Gasteiger partial charge in [-0.15, -0.1) is 0 Å². The van der Waals surface area contributed by atoms with Crippen LogP contribution in [-0.2, 0) is 0 Å². The van der Waals surface area contributed by atoms with Crippen LogP contribution in [0.3, 0.4) is 0 Å². The Bertz CT molecular complexity index is 612. The molecule has 2 aromatic carbocycles. The molecule has 0 fully saturated rings. The van der Waals surface area contributed by atoms with Crippen LogP contribution in [0.5, 0.6) is 0 Å². The maximum atomic E-state index is 3.73. The molecule has 0 amide bonds. The first kappa shape index (κ1) is 17.3. The van der Waals surface area contributed by atoms with E-state index in [-0.39, 0.29) is 6.04 Å². The van der Waals surface area contributed by atoms with Gasteiger partial charge in [0, 0.05) is 11.7 Å². The average Bonchev–Trinajstić information content (AvgIpc) is 2.53. The van der Waals surface area contributed by atoms with Gasteiger partial charge in [0.05, 0.1) is 0 Å². The smallest absolute Gasteiger partial charge is 0.0419 e. The molecular formula is C22H29N. The quantitative estimate of drug-likeness (QED) is 0.647. The summed E-state index contributed by atoms with van der Waals surface area (Å²) in [4.78, 5) is 0. The van der Waals surface area contributed by atoms with Crippen molar-refractivity contribution in [2.75, 3.05) is 5.32 Å². The fraction of sp³-hybridized carbons (Fsp3) is 0.364. The molecule has 2 rings (SSSR count). The van der Waals surface area contributed by atoms with Crippen molar-refractivity contribution >= 4 is 11.8 Å². The predicted molar refractivity (Wildman–Crippen MR) is 103 cm³/mol. The number of benzene rings is 2. The molecule has 0 aliphatic heterocycles. The number of nitrogens with one attached hydrogen (secondary N) is 1. The molecule has 1 N–H and O–H groups in total. The van der Waals surface area contributed by atoms with E-state index in [1.165, 1.54) is 22.4 Å². The molecule has 1 nitrogen and oxygen atoms in total. The van der Waals surface area contributed by atoms with Gasteiger partial charge >= 0.3 is 0 Å². The SMILES string of the molecule is CC(/C=C/c1ccccc1)Nc1c(C(C)C)cccc1C(C)C. The Morgan fingerprint density at radius 1 is 0.739 bits per heavy atom. The monoisotopic (exact) mass is 307 g/mol. The van der Waals surface area contributed by atoms with E-state index in [4.69, 9.17) is 0 Å². The summed E-state index contributed by atoms with van der Waals surface area (Å²) in [5.41, 5.74) is 5.34. The van der Waals surface area contributed by atoms with Gasteiger partial charge in [-0.1, -0.05) is 88.4 Å². The third kappa shape index (κ3) is 4.72. The average molecular weight is 307 g/mol. The van der Waals surface area contributed by atoms with E-state index in [0.717, 1.165) is 0 Å². The second-order valence-corrected chi connectivity index (χ2v) is 6.82. The molecule has 2 aromatic rings. The number of hydrogen-bond acceptors (Lipinski definition) is 1. The lowest BCUT2D eigenvalue weighted by Gasteiger charge is -2.23. The Balaban J connectivity index is 2.22. The molecule has 122 valence electrons. The van der Waals surface area contributed by atoms with E-state index in [0.29, 0.717) is 11.8 Å². The summed E-state index contributed by atoms with van der Waals surface area (Å²) in [6, 6.07) is 17.4. The molecule has 0 saturated carbocycles. The van der Waals surface area contributed by atoms with Crippen LogP contribution in [0.15, 0.2) is 54.6 Å². The molecule has 0 aliphatic carbocycles. The van der Waals surface area contributed by atoms with Gasteiger partial charge in [-0.25, -0.2) is 0 Å². The summed E-state index contributed by atoms with van der Waals surface area (Å²) in [6.45, 7) is 11.2. The van der Waals surface area contributed by atoms with Crippen molar-refractivity contribution < 1.29 is 0 Å². The molecule has 1 atom stereocenters. The highest BCUT2D eigenvalue weighted by Gasteiger charge is 2.14. The molecule has 1 unspecified atom stereocenters. The highest BCUT2D eigenvalue weighted by molar-refractivity contribution is 5.62. The fourth-order valence-corrected chi connectivity index (χ4v) is 2.81. The van der Waals surface area contributed by atoms with Crippen molar-refractivity contribution in [1.29, 1.82) is 0 Å². The highest BCUT2D eigenvalue weighted by Crippen LogP contribution is 2.32. The number of rotatable bonds is 6. The van der Waals surface area contributed by atoms with Gasteiger partial charge in [0.1, 0.15) is 0 Å². The van der Waals surface area contributed by atoms with Gasteiger partial charge in [-0.3, -0.25) is 0 Å². The predicted octanol–water partition coefficient (Wildman–Crippen LogP) is 6.45. The lowest BCUT2D eigenvalue weighted by atomic mass is 9.92. The van der Waals surface area contributed by atoms with Gasteiger partial charge in [0.15, 0.2) is 0 Å². The number of para-hydroxylation sites is 1. The minimum Gasteiger partial charge on any atom is -0.379 e. The van der Waals surface area contributed by atoms with Crippen molar-refractivity contribution in [3.8, 4) is 0 Å². The van der Waals surface area contributed by atoms with E-state index in [9.17, 15) is 0 Å². The van der Waals surface area contributed by atoms with Crippen LogP contribution in [-0.4, -0.2) is 6.04 Å². The van der Waals surface area contributed by atoms with Crippen molar-refractivity contribution in [2.45, 2.75) is 52.5 Å². The normalized spacial score (nSPS) is 13.0. The first-order valence-electron chi connectivity index (χ1n) is 8.61. The summed E-state index contributed by atoms with van der Waals surface area (Å²) < 4.78 is 0. The van der Waals surface area contributed by atoms with Crippen molar-refractivity contribution in [2.24, 2.45) is 0 Å². The van der Waals surface area contributed by atoms with Crippen LogP contribution < -0.4 is 5.32 Å². The molecule has 0 heterocycles. The van der Waals surface area contributed by atoms with Gasteiger partial charge in [-0.2, -0.15) is 0 Å². The van der Waals surface area contributed by atoms with Crippen LogP contribution in [0.4, 0.5) is 5.69 Å². The number of anilines is 1. The van der Waals surface area contributed by atoms with E-state index >= 15 is 0 Å². The summed E-state index contributed by atoms with van der Waals surface area (Å²) in [6.07, 6.45) is 4.42. The maximum absolute atomic E-state index is 3.73. The zero-order valence-electron chi connectivity index (χ0n) is 15.0. The molecule has 0 spiro atoms. The lowest BCUT2D eigenvalue weighted by Crippen LogP contribution is -2.16. The molecule has 0 bridgehead atoms. The third-order valence-electron chi connectivity index (χ3n) is 4.12. The molecule has 0 saturated heterocycles. The van der Waals surface area contributed by atoms with Crippen molar-refractivity contribution in [1.82, 2.24) is 0 Å². The Kier molecular flexibility index (Phi) is 6.04. The number of hydrogen-bond donors (Lipinski definition) is 1. The van der Waals surface area contributed by atoms with Crippen molar-refractivity contribution in [3.63, 3.8) is 0 Å².